The average Bonchev–Trinajstić information content (AvgIpc) is 2.28. The van der Waals surface area contributed by atoms with Crippen LogP contribution >= 0.6 is 0 Å². The summed E-state index contributed by atoms with van der Waals surface area (Å²) in [6.45, 7) is 3.89. The van der Waals surface area contributed by atoms with E-state index in [-0.39, 0.29) is 0 Å². The largest absolute Gasteiger partial charge is 0.235 e. The lowest BCUT2D eigenvalue weighted by Gasteiger charge is -2.22. The number of fused-ring (bicyclic) bond motifs is 1. The van der Waals surface area contributed by atoms with Gasteiger partial charge in [0.2, 0.25) is 6.08 Å². The molecule has 2 rings (SSSR count). The van der Waals surface area contributed by atoms with E-state index in [9.17, 15) is 4.79 Å². The molecular weight excluding hydrogens is 198 g/mol. The Morgan fingerprint density at radius 1 is 1.19 bits per heavy atom. The highest BCUT2D eigenvalue weighted by Crippen LogP contribution is 2.29. The van der Waals surface area contributed by atoms with E-state index in [1.54, 1.807) is 6.08 Å². The minimum absolute atomic E-state index is 0.450. The molecule has 0 fully saturated rings. The van der Waals surface area contributed by atoms with Gasteiger partial charge in [0.15, 0.2) is 0 Å². The highest BCUT2D eigenvalue weighted by atomic mass is 16.1. The van der Waals surface area contributed by atoms with Crippen LogP contribution in [0, 0.1) is 0 Å². The molecule has 2 heteroatoms. The van der Waals surface area contributed by atoms with Crippen LogP contribution in [0.4, 0.5) is 0 Å². The van der Waals surface area contributed by atoms with Crippen LogP contribution in [0.1, 0.15) is 43.4 Å². The topological polar surface area (TPSA) is 29.4 Å². The molecule has 0 aliphatic heterocycles. The van der Waals surface area contributed by atoms with Crippen LogP contribution in [0.25, 0.3) is 0 Å². The normalized spacial score (nSPS) is 15.1. The first-order valence-electron chi connectivity index (χ1n) is 5.85. The SMILES string of the molecule is CC(C)(N=C=O)c1ccc2c(c1)CCCC2. The van der Waals surface area contributed by atoms with E-state index in [0.717, 1.165) is 12.0 Å². The summed E-state index contributed by atoms with van der Waals surface area (Å²) in [4.78, 5) is 14.3. The molecule has 0 aromatic heterocycles. The van der Waals surface area contributed by atoms with Crippen molar-refractivity contribution in [2.24, 2.45) is 4.99 Å². The molecule has 0 amide bonds. The van der Waals surface area contributed by atoms with Gasteiger partial charge in [-0.3, -0.25) is 0 Å². The van der Waals surface area contributed by atoms with Crippen molar-refractivity contribution in [3.8, 4) is 0 Å². The molecule has 2 nitrogen and oxygen atoms in total. The Balaban J connectivity index is 2.40. The molecule has 0 unspecified atom stereocenters. The molecule has 0 heterocycles. The molecule has 0 spiro atoms. The molecular formula is C14H17NO. The van der Waals surface area contributed by atoms with Crippen molar-refractivity contribution in [2.45, 2.75) is 45.1 Å². The Morgan fingerprint density at radius 3 is 2.56 bits per heavy atom. The molecule has 1 aliphatic carbocycles. The van der Waals surface area contributed by atoms with Crippen molar-refractivity contribution in [2.75, 3.05) is 0 Å². The third kappa shape index (κ3) is 2.07. The van der Waals surface area contributed by atoms with Crippen LogP contribution in [0.5, 0.6) is 0 Å². The van der Waals surface area contributed by atoms with Gasteiger partial charge in [0, 0.05) is 0 Å². The Hall–Kier alpha value is -1.40. The number of carbonyl (C=O) groups excluding carboxylic acids is 1. The quantitative estimate of drug-likeness (QED) is 0.550. The number of hydrogen-bond donors (Lipinski definition) is 0. The first kappa shape index (κ1) is 11.1. The minimum Gasteiger partial charge on any atom is -0.211 e. The fourth-order valence-corrected chi connectivity index (χ4v) is 2.29. The van der Waals surface area contributed by atoms with Gasteiger partial charge in [0.25, 0.3) is 0 Å². The van der Waals surface area contributed by atoms with Crippen molar-refractivity contribution in [1.82, 2.24) is 0 Å². The maximum absolute atomic E-state index is 10.4. The molecule has 0 atom stereocenters. The highest BCUT2D eigenvalue weighted by Gasteiger charge is 2.21. The zero-order chi connectivity index (χ0) is 11.6. The standard InChI is InChI=1S/C14H17NO/c1-14(2,15-10-16)13-8-7-11-5-3-4-6-12(11)9-13/h7-9H,3-6H2,1-2H3. The number of nitrogens with zero attached hydrogens (tertiary/aromatic N) is 1. The van der Waals surface area contributed by atoms with Gasteiger partial charge in [-0.05, 0) is 56.2 Å². The summed E-state index contributed by atoms with van der Waals surface area (Å²) in [5.41, 5.74) is 3.55. The second-order valence-corrected chi connectivity index (χ2v) is 4.95. The second-order valence-electron chi connectivity index (χ2n) is 4.95. The van der Waals surface area contributed by atoms with Crippen LogP contribution in [0.15, 0.2) is 23.2 Å². The number of aliphatic imine (C=N–C) groups is 1. The second kappa shape index (κ2) is 4.23. The summed E-state index contributed by atoms with van der Waals surface area (Å²) in [7, 11) is 0. The predicted molar refractivity (Wildman–Crippen MR) is 64.2 cm³/mol. The van der Waals surface area contributed by atoms with E-state index in [1.165, 1.54) is 30.4 Å². The van der Waals surface area contributed by atoms with E-state index in [2.05, 4.69) is 23.2 Å². The number of isocyanates is 1. The molecule has 0 N–H and O–H groups in total. The number of benzene rings is 1. The van der Waals surface area contributed by atoms with Crippen LogP contribution < -0.4 is 0 Å². The highest BCUT2D eigenvalue weighted by molar-refractivity contribution is 5.40. The molecule has 84 valence electrons. The Kier molecular flexibility index (Phi) is 2.93. The molecule has 16 heavy (non-hydrogen) atoms. The van der Waals surface area contributed by atoms with E-state index in [0.29, 0.717) is 0 Å². The fourth-order valence-electron chi connectivity index (χ4n) is 2.29. The summed E-state index contributed by atoms with van der Waals surface area (Å²) in [6.07, 6.45) is 6.57. The van der Waals surface area contributed by atoms with E-state index in [4.69, 9.17) is 0 Å². The van der Waals surface area contributed by atoms with Crippen molar-refractivity contribution in [1.29, 1.82) is 0 Å². The van der Waals surface area contributed by atoms with Gasteiger partial charge >= 0.3 is 0 Å². The number of aryl methyl sites for hydroxylation is 2. The van der Waals surface area contributed by atoms with Crippen molar-refractivity contribution in [3.05, 3.63) is 34.9 Å². The fraction of sp³-hybridized carbons (Fsp3) is 0.500. The summed E-state index contributed by atoms with van der Waals surface area (Å²) in [5.74, 6) is 0. The van der Waals surface area contributed by atoms with Gasteiger partial charge in [-0.15, -0.1) is 0 Å². The lowest BCUT2D eigenvalue weighted by atomic mass is 9.86. The minimum atomic E-state index is -0.450. The first-order chi connectivity index (χ1) is 7.63. The Bertz CT molecular complexity index is 442. The molecule has 0 radical (unpaired) electrons. The smallest absolute Gasteiger partial charge is 0.211 e. The summed E-state index contributed by atoms with van der Waals surface area (Å²) in [6, 6.07) is 6.48. The van der Waals surface area contributed by atoms with Crippen LogP contribution in [0.3, 0.4) is 0 Å². The first-order valence-corrected chi connectivity index (χ1v) is 5.85. The maximum atomic E-state index is 10.4. The molecule has 1 aromatic rings. The summed E-state index contributed by atoms with van der Waals surface area (Å²) in [5, 5.41) is 0. The summed E-state index contributed by atoms with van der Waals surface area (Å²) >= 11 is 0. The average molecular weight is 215 g/mol. The molecule has 0 bridgehead atoms. The third-order valence-electron chi connectivity index (χ3n) is 3.38. The lowest BCUT2D eigenvalue weighted by Crippen LogP contribution is -2.15. The van der Waals surface area contributed by atoms with E-state index < -0.39 is 5.54 Å². The molecule has 0 saturated heterocycles. The molecule has 0 saturated carbocycles. The van der Waals surface area contributed by atoms with Gasteiger partial charge < -0.3 is 0 Å². The molecule has 1 aliphatic rings. The van der Waals surface area contributed by atoms with Crippen molar-refractivity contribution < 1.29 is 4.79 Å². The van der Waals surface area contributed by atoms with Gasteiger partial charge in [-0.1, -0.05) is 18.2 Å². The van der Waals surface area contributed by atoms with E-state index in [1.807, 2.05) is 13.8 Å². The predicted octanol–water partition coefficient (Wildman–Crippen LogP) is 3.14. The van der Waals surface area contributed by atoms with Gasteiger partial charge in [0.05, 0.1) is 5.54 Å². The monoisotopic (exact) mass is 215 g/mol. The zero-order valence-electron chi connectivity index (χ0n) is 9.92. The summed E-state index contributed by atoms with van der Waals surface area (Å²) < 4.78 is 0. The zero-order valence-corrected chi connectivity index (χ0v) is 9.92. The van der Waals surface area contributed by atoms with E-state index >= 15 is 0 Å². The molecule has 1 aromatic carbocycles. The van der Waals surface area contributed by atoms with Crippen LogP contribution in [0.2, 0.25) is 0 Å². The van der Waals surface area contributed by atoms with Crippen molar-refractivity contribution in [3.63, 3.8) is 0 Å². The number of rotatable bonds is 2. The van der Waals surface area contributed by atoms with Gasteiger partial charge in [-0.25, -0.2) is 4.79 Å². The Morgan fingerprint density at radius 2 is 1.88 bits per heavy atom. The number of hydrogen-bond acceptors (Lipinski definition) is 2. The van der Waals surface area contributed by atoms with Crippen LogP contribution in [-0.2, 0) is 23.2 Å². The maximum Gasteiger partial charge on any atom is 0.235 e. The third-order valence-corrected chi connectivity index (χ3v) is 3.38. The van der Waals surface area contributed by atoms with Crippen molar-refractivity contribution >= 4 is 6.08 Å². The van der Waals surface area contributed by atoms with Gasteiger partial charge in [0.1, 0.15) is 0 Å². The van der Waals surface area contributed by atoms with Gasteiger partial charge in [-0.2, -0.15) is 4.99 Å². The van der Waals surface area contributed by atoms with Crippen LogP contribution in [-0.4, -0.2) is 6.08 Å². The Labute approximate surface area is 96.4 Å². The lowest BCUT2D eigenvalue weighted by molar-refractivity contribution is 0.521.